The van der Waals surface area contributed by atoms with Crippen LogP contribution in [0.25, 0.3) is 0 Å². The van der Waals surface area contributed by atoms with E-state index in [0.29, 0.717) is 0 Å². The molecular weight excluding hydrogens is 740 g/mol. The Kier molecular flexibility index (Phi) is 8.44. The molecule has 10 nitrogen and oxygen atoms in total. The van der Waals surface area contributed by atoms with Gasteiger partial charge in [0.2, 0.25) is 5.78 Å². The van der Waals surface area contributed by atoms with Gasteiger partial charge in [-0.15, -0.1) is 11.6 Å². The molecule has 15 heteroatoms. The Balaban J connectivity index is 1.35. The number of ketones is 2. The van der Waals surface area contributed by atoms with Crippen LogP contribution < -0.4 is 0 Å². The average Bonchev–Trinajstić information content (AvgIpc) is 3.15. The number of nitrogens with zero attached hydrogens (tertiary/aromatic N) is 1. The number of nitro benzene ring substituents is 1. The van der Waals surface area contributed by atoms with Crippen LogP contribution in [-0.4, -0.2) is 68.4 Å². The molecule has 0 bridgehead atoms. The van der Waals surface area contributed by atoms with Crippen molar-refractivity contribution in [1.29, 1.82) is 0 Å². The van der Waals surface area contributed by atoms with Crippen LogP contribution in [0.3, 0.4) is 0 Å². The SMILES string of the molecule is C[C@]12C=CC(=O)C=C1C(F)C[C@H]1[C@@H]3CC(Cl)[C@](O)(C(=O)COC(=O)OCc4c(Br)ccc(Br)c4[N+](=O)[O-])[C@@]3(C)CC(O)[C@@]12F. The summed E-state index contributed by atoms with van der Waals surface area (Å²) >= 11 is 12.8. The molecule has 5 rings (SSSR count). The first-order valence-corrected chi connectivity index (χ1v) is 15.7. The molecule has 44 heavy (non-hydrogen) atoms. The molecule has 3 saturated carbocycles. The lowest BCUT2D eigenvalue weighted by Gasteiger charge is -2.62. The Bertz CT molecular complexity index is 1530. The summed E-state index contributed by atoms with van der Waals surface area (Å²) in [5.74, 6) is -3.56. The lowest BCUT2D eigenvalue weighted by atomic mass is 9.44. The van der Waals surface area contributed by atoms with Gasteiger partial charge in [-0.05, 0) is 77.9 Å². The fourth-order valence-electron chi connectivity index (χ4n) is 8.00. The third-order valence-electron chi connectivity index (χ3n) is 10.2. The number of aliphatic hydroxyl groups is 2. The summed E-state index contributed by atoms with van der Waals surface area (Å²) in [6.45, 7) is 1.31. The second-order valence-corrected chi connectivity index (χ2v) is 14.4. The molecule has 2 N–H and O–H groups in total. The van der Waals surface area contributed by atoms with Crippen molar-refractivity contribution >= 4 is 66.9 Å². The number of carbonyl (C=O) groups is 3. The summed E-state index contributed by atoms with van der Waals surface area (Å²) in [4.78, 5) is 48.7. The molecular formula is C29H28Br2ClF2NO9. The predicted molar refractivity (Wildman–Crippen MR) is 158 cm³/mol. The first kappa shape index (κ1) is 33.1. The number of carbonyl (C=O) groups excluding carboxylic acids is 3. The van der Waals surface area contributed by atoms with Crippen molar-refractivity contribution in [2.75, 3.05) is 6.61 Å². The quantitative estimate of drug-likeness (QED) is 0.163. The second-order valence-electron chi connectivity index (χ2n) is 12.2. The minimum atomic E-state index is -2.43. The Morgan fingerprint density at radius 2 is 1.84 bits per heavy atom. The first-order valence-electron chi connectivity index (χ1n) is 13.7. The van der Waals surface area contributed by atoms with Crippen molar-refractivity contribution in [3.8, 4) is 0 Å². The van der Waals surface area contributed by atoms with Gasteiger partial charge in [0.25, 0.3) is 5.69 Å². The number of rotatable bonds is 6. The topological polar surface area (TPSA) is 153 Å². The third kappa shape index (κ3) is 4.61. The number of hydrogen-bond acceptors (Lipinski definition) is 9. The normalized spacial score (nSPS) is 39.1. The number of halogens is 5. The van der Waals surface area contributed by atoms with Crippen molar-refractivity contribution in [3.05, 3.63) is 60.6 Å². The summed E-state index contributed by atoms with van der Waals surface area (Å²) in [5, 5.41) is 33.4. The summed E-state index contributed by atoms with van der Waals surface area (Å²) in [6, 6.07) is 2.93. The number of Topliss-reactive ketones (excluding diaryl/α,β-unsaturated/α-hetero) is 1. The lowest BCUT2D eigenvalue weighted by molar-refractivity contribution is -0.386. The highest BCUT2D eigenvalue weighted by Gasteiger charge is 2.77. The molecule has 4 aliphatic rings. The highest BCUT2D eigenvalue weighted by atomic mass is 79.9. The lowest BCUT2D eigenvalue weighted by Crippen LogP contribution is -2.70. The highest BCUT2D eigenvalue weighted by Crippen LogP contribution is 2.70. The zero-order valence-electron chi connectivity index (χ0n) is 23.4. The summed E-state index contributed by atoms with van der Waals surface area (Å²) in [7, 11) is 0. The van der Waals surface area contributed by atoms with Crippen LogP contribution in [0.2, 0.25) is 0 Å². The van der Waals surface area contributed by atoms with Gasteiger partial charge in [-0.1, -0.05) is 28.9 Å². The van der Waals surface area contributed by atoms with Crippen LogP contribution in [0.1, 0.15) is 38.7 Å². The van der Waals surface area contributed by atoms with E-state index >= 15 is 8.78 Å². The van der Waals surface area contributed by atoms with Crippen molar-refractivity contribution in [3.63, 3.8) is 0 Å². The monoisotopic (exact) mass is 765 g/mol. The molecule has 0 amide bonds. The van der Waals surface area contributed by atoms with Crippen LogP contribution in [0.5, 0.6) is 0 Å². The van der Waals surface area contributed by atoms with E-state index in [0.717, 1.165) is 12.2 Å². The van der Waals surface area contributed by atoms with Gasteiger partial charge in [0.15, 0.2) is 18.1 Å². The maximum atomic E-state index is 17.3. The molecule has 0 spiro atoms. The van der Waals surface area contributed by atoms with Gasteiger partial charge in [-0.3, -0.25) is 19.7 Å². The molecule has 1 aromatic carbocycles. The average molecular weight is 768 g/mol. The van der Waals surface area contributed by atoms with Crippen LogP contribution in [0.15, 0.2) is 44.9 Å². The summed E-state index contributed by atoms with van der Waals surface area (Å²) in [5.41, 5.74) is -8.43. The molecule has 238 valence electrons. The van der Waals surface area contributed by atoms with Gasteiger partial charge < -0.3 is 19.7 Å². The number of fused-ring (bicyclic) bond motifs is 5. The largest absolute Gasteiger partial charge is 0.509 e. The van der Waals surface area contributed by atoms with Crippen LogP contribution in [0.4, 0.5) is 19.3 Å². The molecule has 3 fully saturated rings. The van der Waals surface area contributed by atoms with Crippen molar-refractivity contribution in [1.82, 2.24) is 0 Å². The molecule has 0 heterocycles. The summed E-state index contributed by atoms with van der Waals surface area (Å²) in [6.07, 6.45) is -2.30. The number of benzene rings is 1. The van der Waals surface area contributed by atoms with E-state index < -0.39 is 100 Å². The molecule has 0 radical (unpaired) electrons. The van der Waals surface area contributed by atoms with E-state index in [2.05, 4.69) is 31.9 Å². The number of allylic oxidation sites excluding steroid dienone is 4. The highest BCUT2D eigenvalue weighted by molar-refractivity contribution is 9.11. The Hall–Kier alpha value is -2.26. The smallest absolute Gasteiger partial charge is 0.429 e. The number of hydrogen-bond donors (Lipinski definition) is 2. The molecule has 0 aliphatic heterocycles. The van der Waals surface area contributed by atoms with E-state index in [1.54, 1.807) is 0 Å². The fraction of sp³-hybridized carbons (Fsp3) is 0.552. The predicted octanol–water partition coefficient (Wildman–Crippen LogP) is 5.61. The van der Waals surface area contributed by atoms with Crippen LogP contribution >= 0.6 is 43.5 Å². The van der Waals surface area contributed by atoms with Gasteiger partial charge in [-0.2, -0.15) is 0 Å². The minimum Gasteiger partial charge on any atom is -0.429 e. The van der Waals surface area contributed by atoms with Crippen molar-refractivity contribution < 1.29 is 47.8 Å². The fourth-order valence-corrected chi connectivity index (χ4v) is 9.51. The van der Waals surface area contributed by atoms with Gasteiger partial charge in [0.1, 0.15) is 18.4 Å². The molecule has 3 unspecified atom stereocenters. The maximum Gasteiger partial charge on any atom is 0.509 e. The van der Waals surface area contributed by atoms with Crippen molar-refractivity contribution in [2.45, 2.75) is 68.6 Å². The maximum absolute atomic E-state index is 17.3. The molecule has 0 aromatic heterocycles. The zero-order chi connectivity index (χ0) is 32.6. The van der Waals surface area contributed by atoms with E-state index in [9.17, 15) is 34.7 Å². The number of alkyl halides is 3. The van der Waals surface area contributed by atoms with E-state index in [1.807, 2.05) is 0 Å². The van der Waals surface area contributed by atoms with E-state index in [1.165, 1.54) is 32.1 Å². The van der Waals surface area contributed by atoms with E-state index in [4.69, 9.17) is 21.1 Å². The molecule has 9 atom stereocenters. The van der Waals surface area contributed by atoms with Gasteiger partial charge in [-0.25, -0.2) is 13.6 Å². The molecule has 0 saturated heterocycles. The zero-order valence-corrected chi connectivity index (χ0v) is 27.3. The standard InChI is InChI=1S/C29H28Br2ClF2NO9/c1-26-6-5-13(36)7-17(26)20(33)8-16-15-9-21(32)29(40,27(15,2)10-22(37)28(16,26)34)23(38)12-44-25(39)43-11-14-18(30)3-4-19(31)24(14)35(41)42/h3-7,15-16,20-22,37,40H,8-12H2,1-2H3/t15-,16-,20?,21?,22?,26-,27-,28-,29-/m0/s1. The molecule has 4 aliphatic carbocycles. The Labute approximate surface area is 272 Å². The van der Waals surface area contributed by atoms with Crippen molar-refractivity contribution in [2.24, 2.45) is 22.7 Å². The third-order valence-corrected chi connectivity index (χ3v) is 12.1. The second kappa shape index (κ2) is 11.2. The van der Waals surface area contributed by atoms with Crippen LogP contribution in [-0.2, 0) is 25.7 Å². The first-order chi connectivity index (χ1) is 20.4. The Morgan fingerprint density at radius 1 is 1.18 bits per heavy atom. The number of nitro groups is 1. The van der Waals surface area contributed by atoms with Gasteiger partial charge in [0, 0.05) is 21.2 Å². The number of ether oxygens (including phenoxy) is 2. The number of aliphatic hydroxyl groups excluding tert-OH is 1. The Morgan fingerprint density at radius 3 is 2.50 bits per heavy atom. The van der Waals surface area contributed by atoms with E-state index in [-0.39, 0.29) is 32.2 Å². The van der Waals surface area contributed by atoms with Crippen LogP contribution in [0, 0.1) is 32.8 Å². The van der Waals surface area contributed by atoms with Gasteiger partial charge >= 0.3 is 6.16 Å². The minimum absolute atomic E-state index is 0.0201. The molecule has 1 aromatic rings. The summed E-state index contributed by atoms with van der Waals surface area (Å²) < 4.78 is 43.2. The van der Waals surface area contributed by atoms with Gasteiger partial charge in [0.05, 0.1) is 26.4 Å².